The smallest absolute Gasteiger partial charge is 0.111 e. The third-order valence-electron chi connectivity index (χ3n) is 3.26. The average molecular weight is 291 g/mol. The van der Waals surface area contributed by atoms with Gasteiger partial charge in [0.15, 0.2) is 0 Å². The predicted octanol–water partition coefficient (Wildman–Crippen LogP) is 4.12. The van der Waals surface area contributed by atoms with E-state index in [1.54, 1.807) is 11.3 Å². The molecule has 0 aliphatic rings. The third kappa shape index (κ3) is 2.67. The number of hydrogen-bond acceptors (Lipinski definition) is 2. The number of nitrogens with zero attached hydrogens (tertiary/aromatic N) is 2. The Hall–Kier alpha value is -1.32. The number of hydrogen-bond donors (Lipinski definition) is 0. The van der Waals surface area contributed by atoms with Crippen molar-refractivity contribution < 1.29 is 0 Å². The molecule has 0 spiro atoms. The Morgan fingerprint density at radius 3 is 2.84 bits per heavy atom. The maximum Gasteiger partial charge on any atom is 0.111 e. The average Bonchev–Trinajstić information content (AvgIpc) is 3.04. The van der Waals surface area contributed by atoms with Crippen molar-refractivity contribution in [1.82, 2.24) is 9.55 Å². The van der Waals surface area contributed by atoms with E-state index in [2.05, 4.69) is 44.6 Å². The summed E-state index contributed by atoms with van der Waals surface area (Å²) < 4.78 is 2.30. The second kappa shape index (κ2) is 5.76. The van der Waals surface area contributed by atoms with E-state index in [-0.39, 0.29) is 0 Å². The fourth-order valence-corrected chi connectivity index (χ4v) is 3.20. The van der Waals surface area contributed by atoms with Crippen LogP contribution < -0.4 is 0 Å². The molecule has 3 rings (SSSR count). The number of imidazole rings is 1. The summed E-state index contributed by atoms with van der Waals surface area (Å²) in [6.07, 6.45) is 1.86. The topological polar surface area (TPSA) is 17.8 Å². The summed E-state index contributed by atoms with van der Waals surface area (Å²) in [5.41, 5.74) is 3.66. The number of aromatic nitrogens is 2. The van der Waals surface area contributed by atoms with E-state index in [9.17, 15) is 0 Å². The van der Waals surface area contributed by atoms with Crippen molar-refractivity contribution in [1.29, 1.82) is 0 Å². The van der Waals surface area contributed by atoms with Gasteiger partial charge in [-0.05, 0) is 40.9 Å². The second-order valence-electron chi connectivity index (χ2n) is 4.49. The first kappa shape index (κ1) is 12.7. The van der Waals surface area contributed by atoms with E-state index in [1.165, 1.54) is 11.1 Å². The lowest BCUT2D eigenvalue weighted by molar-refractivity contribution is 0.676. The highest BCUT2D eigenvalue weighted by atomic mass is 35.5. The van der Waals surface area contributed by atoms with Crippen molar-refractivity contribution in [2.75, 3.05) is 5.88 Å². The molecule has 2 aromatic heterocycles. The Labute approximate surface area is 121 Å². The summed E-state index contributed by atoms with van der Waals surface area (Å²) in [5, 5.41) is 4.33. The van der Waals surface area contributed by atoms with Gasteiger partial charge in [-0.3, -0.25) is 0 Å². The molecule has 0 saturated carbocycles. The second-order valence-corrected chi connectivity index (χ2v) is 5.65. The molecule has 0 N–H and O–H groups in total. The Bertz CT molecular complexity index is 658. The molecule has 0 fully saturated rings. The van der Waals surface area contributed by atoms with Crippen molar-refractivity contribution in [2.45, 2.75) is 19.4 Å². The lowest BCUT2D eigenvalue weighted by Crippen LogP contribution is -2.06. The zero-order valence-corrected chi connectivity index (χ0v) is 12.1. The van der Waals surface area contributed by atoms with Crippen molar-refractivity contribution in [3.8, 4) is 0 Å². The highest BCUT2D eigenvalue weighted by molar-refractivity contribution is 7.07. The number of aryl methyl sites for hydroxylation is 3. The molecule has 2 nitrogen and oxygen atoms in total. The number of thiophene rings is 1. The minimum atomic E-state index is 0.613. The molecule has 1 aromatic carbocycles. The van der Waals surface area contributed by atoms with E-state index < -0.39 is 0 Å². The number of fused-ring (bicyclic) bond motifs is 1. The molecule has 19 heavy (non-hydrogen) atoms. The summed E-state index contributed by atoms with van der Waals surface area (Å²) in [5.74, 6) is 1.70. The van der Waals surface area contributed by atoms with Crippen LogP contribution in [0.25, 0.3) is 11.0 Å². The fourth-order valence-electron chi connectivity index (χ4n) is 2.33. The predicted molar refractivity (Wildman–Crippen MR) is 82.2 cm³/mol. The first-order valence-electron chi connectivity index (χ1n) is 6.39. The van der Waals surface area contributed by atoms with Gasteiger partial charge in [-0.15, -0.1) is 11.6 Å². The summed E-state index contributed by atoms with van der Waals surface area (Å²) in [6.45, 7) is 0.962. The summed E-state index contributed by atoms with van der Waals surface area (Å²) in [7, 11) is 0. The summed E-state index contributed by atoms with van der Waals surface area (Å²) >= 11 is 7.63. The zero-order chi connectivity index (χ0) is 13.1. The van der Waals surface area contributed by atoms with Crippen molar-refractivity contribution in [2.24, 2.45) is 0 Å². The van der Waals surface area contributed by atoms with E-state index >= 15 is 0 Å². The lowest BCUT2D eigenvalue weighted by Gasteiger charge is -2.07. The van der Waals surface area contributed by atoms with E-state index in [0.29, 0.717) is 5.88 Å². The van der Waals surface area contributed by atoms with Crippen LogP contribution in [0.1, 0.15) is 11.4 Å². The number of rotatable bonds is 5. The third-order valence-corrected chi connectivity index (χ3v) is 4.18. The maximum atomic E-state index is 5.88. The van der Waals surface area contributed by atoms with Gasteiger partial charge in [-0.2, -0.15) is 11.3 Å². The van der Waals surface area contributed by atoms with Crippen molar-refractivity contribution in [3.63, 3.8) is 0 Å². The Morgan fingerprint density at radius 2 is 2.05 bits per heavy atom. The van der Waals surface area contributed by atoms with Gasteiger partial charge < -0.3 is 4.57 Å². The molecule has 0 radical (unpaired) electrons. The van der Waals surface area contributed by atoms with Crippen molar-refractivity contribution >= 4 is 34.0 Å². The van der Waals surface area contributed by atoms with Crippen LogP contribution in [0.15, 0.2) is 41.1 Å². The number of para-hydroxylation sites is 2. The molecule has 0 bridgehead atoms. The van der Waals surface area contributed by atoms with Gasteiger partial charge in [0.2, 0.25) is 0 Å². The molecule has 0 unspecified atom stereocenters. The maximum absolute atomic E-state index is 5.88. The van der Waals surface area contributed by atoms with E-state index in [4.69, 9.17) is 11.6 Å². The Morgan fingerprint density at radius 1 is 1.16 bits per heavy atom. The van der Waals surface area contributed by atoms with Gasteiger partial charge in [0.1, 0.15) is 5.82 Å². The number of halogens is 1. The van der Waals surface area contributed by atoms with Crippen LogP contribution in [0.2, 0.25) is 0 Å². The standard InChI is InChI=1S/C15H15ClN2S/c16-8-5-15-17-13-3-1-2-4-14(13)18(15)9-6-12-7-10-19-11-12/h1-4,7,10-11H,5-6,8-9H2. The van der Waals surface area contributed by atoms with Crippen LogP contribution >= 0.6 is 22.9 Å². The first-order chi connectivity index (χ1) is 9.38. The molecule has 2 heterocycles. The molecule has 0 aliphatic heterocycles. The van der Waals surface area contributed by atoms with Crippen LogP contribution in [0.5, 0.6) is 0 Å². The molecular weight excluding hydrogens is 276 g/mol. The van der Waals surface area contributed by atoms with Crippen LogP contribution in [0.3, 0.4) is 0 Å². The van der Waals surface area contributed by atoms with Crippen LogP contribution in [0.4, 0.5) is 0 Å². The quantitative estimate of drug-likeness (QED) is 0.646. The lowest BCUT2D eigenvalue weighted by atomic mass is 10.2. The van der Waals surface area contributed by atoms with E-state index in [1.807, 2.05) is 6.07 Å². The van der Waals surface area contributed by atoms with Crippen LogP contribution in [0, 0.1) is 0 Å². The first-order valence-corrected chi connectivity index (χ1v) is 7.87. The van der Waals surface area contributed by atoms with Gasteiger partial charge >= 0.3 is 0 Å². The minimum absolute atomic E-state index is 0.613. The molecule has 98 valence electrons. The molecule has 0 atom stereocenters. The largest absolute Gasteiger partial charge is 0.328 e. The van der Waals surface area contributed by atoms with Gasteiger partial charge in [0.05, 0.1) is 11.0 Å². The minimum Gasteiger partial charge on any atom is -0.328 e. The molecule has 0 aliphatic carbocycles. The SMILES string of the molecule is ClCCc1nc2ccccc2n1CCc1ccsc1. The number of benzene rings is 1. The van der Waals surface area contributed by atoms with Crippen LogP contribution in [-0.4, -0.2) is 15.4 Å². The van der Waals surface area contributed by atoms with Crippen molar-refractivity contribution in [3.05, 3.63) is 52.5 Å². The molecule has 0 amide bonds. The van der Waals surface area contributed by atoms with E-state index in [0.717, 1.165) is 30.7 Å². The number of alkyl halides is 1. The molecule has 3 aromatic rings. The fraction of sp³-hybridized carbons (Fsp3) is 0.267. The zero-order valence-electron chi connectivity index (χ0n) is 10.6. The summed E-state index contributed by atoms with van der Waals surface area (Å²) in [4.78, 5) is 4.68. The molecule has 4 heteroatoms. The van der Waals surface area contributed by atoms with Gasteiger partial charge in [0.25, 0.3) is 0 Å². The van der Waals surface area contributed by atoms with Gasteiger partial charge in [-0.25, -0.2) is 4.98 Å². The molecular formula is C15H15ClN2S. The van der Waals surface area contributed by atoms with Gasteiger partial charge in [0, 0.05) is 18.8 Å². The summed E-state index contributed by atoms with van der Waals surface area (Å²) in [6, 6.07) is 10.5. The van der Waals surface area contributed by atoms with Gasteiger partial charge in [-0.1, -0.05) is 12.1 Å². The normalized spacial score (nSPS) is 11.2. The Kier molecular flexibility index (Phi) is 3.85. The monoisotopic (exact) mass is 290 g/mol. The Balaban J connectivity index is 1.92. The highest BCUT2D eigenvalue weighted by Crippen LogP contribution is 2.18. The molecule has 0 saturated heterocycles. The highest BCUT2D eigenvalue weighted by Gasteiger charge is 2.09. The van der Waals surface area contributed by atoms with Crippen LogP contribution in [-0.2, 0) is 19.4 Å².